The van der Waals surface area contributed by atoms with Crippen LogP contribution in [0.4, 0.5) is 0 Å². The molecular formula is C10H12BrN3O2. The summed E-state index contributed by atoms with van der Waals surface area (Å²) in [5, 5.41) is 2.52. The van der Waals surface area contributed by atoms with Crippen LogP contribution >= 0.6 is 15.9 Å². The number of carbonyl (C=O) groups excluding carboxylic acids is 2. The van der Waals surface area contributed by atoms with Crippen molar-refractivity contribution in [3.05, 3.63) is 34.3 Å². The predicted octanol–water partition coefficient (Wildman–Crippen LogP) is 0.616. The third-order valence-corrected chi connectivity index (χ3v) is 2.58. The van der Waals surface area contributed by atoms with Crippen molar-refractivity contribution in [3.63, 3.8) is 0 Å². The first-order valence-corrected chi connectivity index (χ1v) is 5.40. The molecule has 1 aromatic rings. The van der Waals surface area contributed by atoms with E-state index in [1.807, 2.05) is 24.3 Å². The highest BCUT2D eigenvalue weighted by Gasteiger charge is 2.15. The highest BCUT2D eigenvalue weighted by Crippen LogP contribution is 2.16. The molecule has 2 amide bonds. The van der Waals surface area contributed by atoms with Gasteiger partial charge in [0, 0.05) is 4.47 Å². The van der Waals surface area contributed by atoms with Gasteiger partial charge in [0.15, 0.2) is 0 Å². The molecule has 0 heterocycles. The van der Waals surface area contributed by atoms with Crippen LogP contribution in [-0.2, 0) is 9.59 Å². The minimum atomic E-state index is -0.857. The molecule has 0 saturated heterocycles. The Bertz CT molecular complexity index is 392. The second kappa shape index (κ2) is 5.62. The van der Waals surface area contributed by atoms with Gasteiger partial charge in [-0.15, -0.1) is 0 Å². The Morgan fingerprint density at radius 1 is 1.25 bits per heavy atom. The number of amides is 2. The molecule has 4 N–H and O–H groups in total. The highest BCUT2D eigenvalue weighted by atomic mass is 79.9. The molecule has 1 atom stereocenters. The molecule has 0 aliphatic carbocycles. The van der Waals surface area contributed by atoms with Gasteiger partial charge in [0.05, 0.1) is 6.04 Å². The van der Waals surface area contributed by atoms with Crippen molar-refractivity contribution in [3.8, 4) is 0 Å². The lowest BCUT2D eigenvalue weighted by Crippen LogP contribution is -2.43. The largest absolute Gasteiger partial charge is 0.341 e. The lowest BCUT2D eigenvalue weighted by molar-refractivity contribution is -0.139. The molecule has 1 aromatic carbocycles. The summed E-state index contributed by atoms with van der Waals surface area (Å²) in [6, 6.07) is 7.19. The quantitative estimate of drug-likeness (QED) is 0.322. The summed E-state index contributed by atoms with van der Waals surface area (Å²) in [5.74, 6) is 3.23. The summed E-state index contributed by atoms with van der Waals surface area (Å²) in [6.45, 7) is 1.78. The molecule has 0 bridgehead atoms. The van der Waals surface area contributed by atoms with Crippen LogP contribution < -0.4 is 16.6 Å². The molecular weight excluding hydrogens is 274 g/mol. The third-order valence-electron chi connectivity index (χ3n) is 2.05. The number of benzene rings is 1. The number of nitrogens with two attached hydrogens (primary N) is 1. The Kier molecular flexibility index (Phi) is 4.45. The van der Waals surface area contributed by atoms with Gasteiger partial charge in [-0.3, -0.25) is 15.0 Å². The molecule has 6 heteroatoms. The number of rotatable bonds is 2. The monoisotopic (exact) mass is 285 g/mol. The number of nitrogens with one attached hydrogen (secondary N) is 2. The summed E-state index contributed by atoms with van der Waals surface area (Å²) in [5.41, 5.74) is 2.68. The van der Waals surface area contributed by atoms with Crippen molar-refractivity contribution in [2.45, 2.75) is 13.0 Å². The molecule has 0 spiro atoms. The Morgan fingerprint density at radius 3 is 2.31 bits per heavy atom. The van der Waals surface area contributed by atoms with E-state index in [2.05, 4.69) is 21.2 Å². The molecule has 1 unspecified atom stereocenters. The van der Waals surface area contributed by atoms with E-state index < -0.39 is 11.8 Å². The fraction of sp³-hybridized carbons (Fsp3) is 0.200. The maximum absolute atomic E-state index is 11.2. The van der Waals surface area contributed by atoms with Crippen molar-refractivity contribution in [2.24, 2.45) is 5.84 Å². The van der Waals surface area contributed by atoms with Crippen LogP contribution in [0.15, 0.2) is 28.7 Å². The Balaban J connectivity index is 2.65. The highest BCUT2D eigenvalue weighted by molar-refractivity contribution is 9.10. The van der Waals surface area contributed by atoms with E-state index in [1.54, 1.807) is 12.3 Å². The van der Waals surface area contributed by atoms with E-state index >= 15 is 0 Å². The summed E-state index contributed by atoms with van der Waals surface area (Å²) in [4.78, 5) is 22.1. The van der Waals surface area contributed by atoms with Gasteiger partial charge in [-0.2, -0.15) is 0 Å². The number of carbonyl (C=O) groups is 2. The van der Waals surface area contributed by atoms with Gasteiger partial charge in [0.25, 0.3) is 0 Å². The van der Waals surface area contributed by atoms with Gasteiger partial charge in [-0.05, 0) is 24.6 Å². The summed E-state index contributed by atoms with van der Waals surface area (Å²) >= 11 is 3.31. The maximum Gasteiger partial charge on any atom is 0.323 e. The van der Waals surface area contributed by atoms with E-state index in [9.17, 15) is 9.59 Å². The molecule has 1 rings (SSSR count). The van der Waals surface area contributed by atoms with E-state index in [0.717, 1.165) is 10.0 Å². The second-order valence-electron chi connectivity index (χ2n) is 3.22. The predicted molar refractivity (Wildman–Crippen MR) is 63.0 cm³/mol. The zero-order valence-electron chi connectivity index (χ0n) is 8.66. The molecule has 0 saturated carbocycles. The van der Waals surface area contributed by atoms with Crippen LogP contribution in [-0.4, -0.2) is 11.8 Å². The molecule has 0 aromatic heterocycles. The molecule has 0 radical (unpaired) electrons. The topological polar surface area (TPSA) is 84.2 Å². The van der Waals surface area contributed by atoms with Gasteiger partial charge < -0.3 is 5.32 Å². The van der Waals surface area contributed by atoms with E-state index in [1.165, 1.54) is 0 Å². The van der Waals surface area contributed by atoms with Crippen molar-refractivity contribution in [2.75, 3.05) is 0 Å². The molecule has 0 aliphatic rings. The van der Waals surface area contributed by atoms with Crippen LogP contribution in [0.3, 0.4) is 0 Å². The molecule has 0 fully saturated rings. The minimum absolute atomic E-state index is 0.252. The van der Waals surface area contributed by atoms with Crippen molar-refractivity contribution < 1.29 is 9.59 Å². The molecule has 5 nitrogen and oxygen atoms in total. The van der Waals surface area contributed by atoms with E-state index in [0.29, 0.717) is 0 Å². The van der Waals surface area contributed by atoms with Crippen LogP contribution in [0, 0.1) is 0 Å². The van der Waals surface area contributed by atoms with Gasteiger partial charge in [0.2, 0.25) is 0 Å². The average molecular weight is 286 g/mol. The van der Waals surface area contributed by atoms with E-state index in [4.69, 9.17) is 5.84 Å². The Labute approximate surface area is 101 Å². The first kappa shape index (κ1) is 12.7. The van der Waals surface area contributed by atoms with Crippen LogP contribution in [0.1, 0.15) is 18.5 Å². The van der Waals surface area contributed by atoms with Crippen LogP contribution in [0.5, 0.6) is 0 Å². The lowest BCUT2D eigenvalue weighted by Gasteiger charge is -2.13. The van der Waals surface area contributed by atoms with Crippen molar-refractivity contribution >= 4 is 27.7 Å². The molecule has 16 heavy (non-hydrogen) atoms. The number of halogens is 1. The first-order valence-electron chi connectivity index (χ1n) is 4.61. The summed E-state index contributed by atoms with van der Waals surface area (Å²) < 4.78 is 0.953. The van der Waals surface area contributed by atoms with Gasteiger partial charge >= 0.3 is 11.8 Å². The van der Waals surface area contributed by atoms with E-state index in [-0.39, 0.29) is 6.04 Å². The fourth-order valence-corrected chi connectivity index (χ4v) is 1.43. The number of hydrogen-bond acceptors (Lipinski definition) is 3. The smallest absolute Gasteiger partial charge is 0.323 e. The van der Waals surface area contributed by atoms with Crippen LogP contribution in [0.2, 0.25) is 0 Å². The molecule has 86 valence electrons. The lowest BCUT2D eigenvalue weighted by atomic mass is 10.1. The average Bonchev–Trinajstić information content (AvgIpc) is 2.28. The van der Waals surface area contributed by atoms with Crippen molar-refractivity contribution in [1.29, 1.82) is 0 Å². The number of hydrogen-bond donors (Lipinski definition) is 3. The van der Waals surface area contributed by atoms with Crippen LogP contribution in [0.25, 0.3) is 0 Å². The maximum atomic E-state index is 11.2. The zero-order chi connectivity index (χ0) is 12.1. The Hall–Kier alpha value is -1.40. The van der Waals surface area contributed by atoms with Gasteiger partial charge in [-0.1, -0.05) is 28.1 Å². The SMILES string of the molecule is CC(NC(=O)C(=O)NN)c1ccc(Br)cc1. The Morgan fingerprint density at radius 2 is 1.81 bits per heavy atom. The normalized spacial score (nSPS) is 11.7. The minimum Gasteiger partial charge on any atom is -0.341 e. The molecule has 0 aliphatic heterocycles. The summed E-state index contributed by atoms with van der Waals surface area (Å²) in [6.07, 6.45) is 0. The first-order chi connectivity index (χ1) is 7.54. The fourth-order valence-electron chi connectivity index (χ4n) is 1.16. The van der Waals surface area contributed by atoms with Gasteiger partial charge in [0.1, 0.15) is 0 Å². The zero-order valence-corrected chi connectivity index (χ0v) is 10.2. The third kappa shape index (κ3) is 3.32. The second-order valence-corrected chi connectivity index (χ2v) is 4.14. The number of hydrazine groups is 1. The van der Waals surface area contributed by atoms with Gasteiger partial charge in [-0.25, -0.2) is 5.84 Å². The standard InChI is InChI=1S/C10H12BrN3O2/c1-6(13-9(15)10(16)14-12)7-2-4-8(11)5-3-7/h2-6H,12H2,1H3,(H,13,15)(H,14,16). The van der Waals surface area contributed by atoms with Crippen molar-refractivity contribution in [1.82, 2.24) is 10.7 Å². The summed E-state index contributed by atoms with van der Waals surface area (Å²) in [7, 11) is 0.